The minimum atomic E-state index is 0.0787. The predicted molar refractivity (Wildman–Crippen MR) is 93.5 cm³/mol. The van der Waals surface area contributed by atoms with E-state index in [0.717, 1.165) is 48.6 Å². The Morgan fingerprint density at radius 2 is 1.96 bits per heavy atom. The smallest absolute Gasteiger partial charge is 0.317 e. The average molecular weight is 324 g/mol. The third-order valence-electron chi connectivity index (χ3n) is 5.26. The Balaban J connectivity index is 1.52. The Morgan fingerprint density at radius 1 is 1.21 bits per heavy atom. The van der Waals surface area contributed by atoms with E-state index >= 15 is 0 Å². The summed E-state index contributed by atoms with van der Waals surface area (Å²) in [5, 5.41) is 3.19. The van der Waals surface area contributed by atoms with Gasteiger partial charge >= 0.3 is 6.03 Å². The van der Waals surface area contributed by atoms with Crippen LogP contribution in [0.1, 0.15) is 37.1 Å². The second kappa shape index (κ2) is 6.30. The Labute approximate surface area is 142 Å². The fourth-order valence-corrected chi connectivity index (χ4v) is 3.84. The molecule has 0 atom stereocenters. The molecule has 4 rings (SSSR count). The number of rotatable bonds is 2. The molecule has 1 saturated carbocycles. The number of imidazole rings is 1. The fraction of sp³-hybridized carbons (Fsp3) is 0.474. The van der Waals surface area contributed by atoms with Gasteiger partial charge in [-0.05, 0) is 12.8 Å². The highest BCUT2D eigenvalue weighted by atomic mass is 16.2. The van der Waals surface area contributed by atoms with E-state index in [1.165, 1.54) is 12.8 Å². The Hall–Kier alpha value is -2.30. The third kappa shape index (κ3) is 2.79. The summed E-state index contributed by atoms with van der Waals surface area (Å²) in [6, 6.07) is 10.7. The lowest BCUT2D eigenvalue weighted by Crippen LogP contribution is -2.46. The van der Waals surface area contributed by atoms with Crippen molar-refractivity contribution in [1.29, 1.82) is 0 Å². The molecule has 1 aliphatic carbocycles. The number of nitrogens with one attached hydrogen (secondary N) is 1. The van der Waals surface area contributed by atoms with Crippen LogP contribution in [0.15, 0.2) is 30.3 Å². The molecule has 0 bridgehead atoms. The molecule has 0 spiro atoms. The van der Waals surface area contributed by atoms with Gasteiger partial charge in [0.2, 0.25) is 0 Å². The molecule has 2 aliphatic rings. The summed E-state index contributed by atoms with van der Waals surface area (Å²) < 4.78 is 2.14. The predicted octanol–water partition coefficient (Wildman–Crippen LogP) is 3.10. The molecule has 0 saturated heterocycles. The zero-order valence-corrected chi connectivity index (χ0v) is 14.2. The maximum absolute atomic E-state index is 12.5. The van der Waals surface area contributed by atoms with E-state index in [1.807, 2.05) is 30.1 Å². The number of nitrogens with zero attached hydrogens (tertiary/aromatic N) is 3. The third-order valence-corrected chi connectivity index (χ3v) is 5.26. The van der Waals surface area contributed by atoms with E-state index < -0.39 is 0 Å². The average Bonchev–Trinajstić information content (AvgIpc) is 3.23. The van der Waals surface area contributed by atoms with E-state index in [4.69, 9.17) is 4.98 Å². The van der Waals surface area contributed by atoms with Crippen molar-refractivity contribution in [3.05, 3.63) is 41.7 Å². The number of carbonyl (C=O) groups is 1. The van der Waals surface area contributed by atoms with Crippen molar-refractivity contribution in [2.75, 3.05) is 6.54 Å². The molecule has 1 aromatic heterocycles. The SMILES string of the molecule is Cn1c(-c2ccccc2)nc2c1CN(C(=O)NC1CCCC1)CC2. The molecular formula is C19H24N4O. The van der Waals surface area contributed by atoms with Crippen LogP contribution < -0.4 is 5.32 Å². The van der Waals surface area contributed by atoms with Gasteiger partial charge in [-0.2, -0.15) is 0 Å². The highest BCUT2D eigenvalue weighted by Crippen LogP contribution is 2.26. The Bertz CT molecular complexity index is 731. The molecule has 0 radical (unpaired) electrons. The highest BCUT2D eigenvalue weighted by Gasteiger charge is 2.27. The number of aromatic nitrogens is 2. The van der Waals surface area contributed by atoms with E-state index in [1.54, 1.807) is 0 Å². The minimum Gasteiger partial charge on any atom is -0.335 e. The van der Waals surface area contributed by atoms with Gasteiger partial charge in [-0.25, -0.2) is 9.78 Å². The second-order valence-corrected chi connectivity index (χ2v) is 6.86. The van der Waals surface area contributed by atoms with Crippen molar-refractivity contribution in [2.24, 2.45) is 7.05 Å². The molecule has 24 heavy (non-hydrogen) atoms. The molecule has 2 amide bonds. The van der Waals surface area contributed by atoms with E-state index in [2.05, 4.69) is 22.0 Å². The molecule has 5 nitrogen and oxygen atoms in total. The molecule has 2 heterocycles. The summed E-state index contributed by atoms with van der Waals surface area (Å²) in [7, 11) is 2.05. The number of urea groups is 1. The van der Waals surface area contributed by atoms with Crippen LogP contribution in [0.25, 0.3) is 11.4 Å². The summed E-state index contributed by atoms with van der Waals surface area (Å²) in [5.41, 5.74) is 3.40. The van der Waals surface area contributed by atoms with Crippen LogP contribution >= 0.6 is 0 Å². The summed E-state index contributed by atoms with van der Waals surface area (Å²) in [6.45, 7) is 1.39. The van der Waals surface area contributed by atoms with Gasteiger partial charge in [-0.15, -0.1) is 0 Å². The molecule has 1 aliphatic heterocycles. The lowest BCUT2D eigenvalue weighted by atomic mass is 10.1. The molecule has 0 unspecified atom stereocenters. The Kier molecular flexibility index (Phi) is 4.00. The lowest BCUT2D eigenvalue weighted by molar-refractivity contribution is 0.186. The lowest BCUT2D eigenvalue weighted by Gasteiger charge is -2.28. The summed E-state index contributed by atoms with van der Waals surface area (Å²) in [4.78, 5) is 19.3. The molecule has 5 heteroatoms. The zero-order chi connectivity index (χ0) is 16.5. The summed E-state index contributed by atoms with van der Waals surface area (Å²) >= 11 is 0. The van der Waals surface area contributed by atoms with Crippen LogP contribution in [0, 0.1) is 0 Å². The van der Waals surface area contributed by atoms with Crippen LogP contribution in [-0.2, 0) is 20.0 Å². The first-order valence-electron chi connectivity index (χ1n) is 8.87. The first-order valence-corrected chi connectivity index (χ1v) is 8.87. The molecule has 126 valence electrons. The maximum atomic E-state index is 12.5. The van der Waals surface area contributed by atoms with Crippen LogP contribution in [-0.4, -0.2) is 33.1 Å². The van der Waals surface area contributed by atoms with Gasteiger partial charge in [0, 0.05) is 31.6 Å². The van der Waals surface area contributed by atoms with Crippen molar-refractivity contribution < 1.29 is 4.79 Å². The van der Waals surface area contributed by atoms with E-state index in [0.29, 0.717) is 12.6 Å². The van der Waals surface area contributed by atoms with Crippen molar-refractivity contribution in [2.45, 2.75) is 44.7 Å². The molecule has 2 aromatic rings. The van der Waals surface area contributed by atoms with Crippen LogP contribution in [0.3, 0.4) is 0 Å². The number of amides is 2. The fourth-order valence-electron chi connectivity index (χ4n) is 3.84. The zero-order valence-electron chi connectivity index (χ0n) is 14.2. The number of hydrogen-bond acceptors (Lipinski definition) is 2. The van der Waals surface area contributed by atoms with Gasteiger partial charge in [0.05, 0.1) is 17.9 Å². The highest BCUT2D eigenvalue weighted by molar-refractivity contribution is 5.75. The van der Waals surface area contributed by atoms with Gasteiger partial charge in [0.1, 0.15) is 5.82 Å². The van der Waals surface area contributed by atoms with Crippen LogP contribution in [0.5, 0.6) is 0 Å². The standard InChI is InChI=1S/C19H24N4O/c1-22-17-13-23(19(24)20-15-9-5-6-10-15)12-11-16(17)21-18(22)14-7-3-2-4-8-14/h2-4,7-8,15H,5-6,9-13H2,1H3,(H,20,24). The first kappa shape index (κ1) is 15.2. The maximum Gasteiger partial charge on any atom is 0.317 e. The van der Waals surface area contributed by atoms with E-state index in [-0.39, 0.29) is 6.03 Å². The number of fused-ring (bicyclic) bond motifs is 1. The van der Waals surface area contributed by atoms with Crippen molar-refractivity contribution in [3.63, 3.8) is 0 Å². The Morgan fingerprint density at radius 3 is 2.71 bits per heavy atom. The van der Waals surface area contributed by atoms with Crippen LogP contribution in [0.4, 0.5) is 4.79 Å². The normalized spacial score (nSPS) is 17.8. The van der Waals surface area contributed by atoms with E-state index in [9.17, 15) is 4.79 Å². The van der Waals surface area contributed by atoms with Gasteiger partial charge in [0.15, 0.2) is 0 Å². The van der Waals surface area contributed by atoms with Crippen molar-refractivity contribution in [1.82, 2.24) is 19.8 Å². The van der Waals surface area contributed by atoms with Crippen LogP contribution in [0.2, 0.25) is 0 Å². The molecular weight excluding hydrogens is 300 g/mol. The van der Waals surface area contributed by atoms with Gasteiger partial charge in [-0.1, -0.05) is 43.2 Å². The largest absolute Gasteiger partial charge is 0.335 e. The monoisotopic (exact) mass is 324 g/mol. The first-order chi connectivity index (χ1) is 11.7. The van der Waals surface area contributed by atoms with Gasteiger partial charge < -0.3 is 14.8 Å². The van der Waals surface area contributed by atoms with Gasteiger partial charge in [-0.3, -0.25) is 0 Å². The second-order valence-electron chi connectivity index (χ2n) is 6.86. The minimum absolute atomic E-state index is 0.0787. The summed E-state index contributed by atoms with van der Waals surface area (Å²) in [6.07, 6.45) is 5.53. The number of benzene rings is 1. The summed E-state index contributed by atoms with van der Waals surface area (Å²) in [5.74, 6) is 0.985. The quantitative estimate of drug-likeness (QED) is 0.923. The van der Waals surface area contributed by atoms with Crippen molar-refractivity contribution in [3.8, 4) is 11.4 Å². The van der Waals surface area contributed by atoms with Gasteiger partial charge in [0.25, 0.3) is 0 Å². The van der Waals surface area contributed by atoms with Crippen molar-refractivity contribution >= 4 is 6.03 Å². The molecule has 1 aromatic carbocycles. The molecule has 1 fully saturated rings. The number of hydrogen-bond donors (Lipinski definition) is 1. The topological polar surface area (TPSA) is 50.2 Å². The number of carbonyl (C=O) groups excluding carboxylic acids is 1. The molecule has 1 N–H and O–H groups in total.